The van der Waals surface area contributed by atoms with Crippen LogP contribution in [0.2, 0.25) is 0 Å². The molecule has 0 bridgehead atoms. The minimum Gasteiger partial charge on any atom is -0.270 e. The number of rotatable bonds is 3. The van der Waals surface area contributed by atoms with Gasteiger partial charge < -0.3 is 0 Å². The van der Waals surface area contributed by atoms with E-state index in [-0.39, 0.29) is 11.4 Å². The molecule has 6 heteroatoms. The maximum atomic E-state index is 13.6. The van der Waals surface area contributed by atoms with Crippen molar-refractivity contribution in [1.82, 2.24) is 15.4 Å². The highest BCUT2D eigenvalue weighted by Gasteiger charge is 2.22. The molecular formula is C11H10F2N4. The minimum atomic E-state index is -0.919. The van der Waals surface area contributed by atoms with Gasteiger partial charge in [-0.1, -0.05) is 6.07 Å². The van der Waals surface area contributed by atoms with Crippen LogP contribution in [0.3, 0.4) is 0 Å². The first-order chi connectivity index (χ1) is 8.24. The van der Waals surface area contributed by atoms with E-state index < -0.39 is 17.7 Å². The lowest BCUT2D eigenvalue weighted by Gasteiger charge is -2.15. The molecule has 0 saturated heterocycles. The van der Waals surface area contributed by atoms with Crippen LogP contribution >= 0.6 is 0 Å². The Bertz CT molecular complexity index is 484. The lowest BCUT2D eigenvalue weighted by atomic mass is 10.1. The van der Waals surface area contributed by atoms with E-state index in [1.807, 2.05) is 0 Å². The molecule has 0 aliphatic rings. The Morgan fingerprint density at radius 3 is 2.18 bits per heavy atom. The third-order valence-corrected chi connectivity index (χ3v) is 2.30. The summed E-state index contributed by atoms with van der Waals surface area (Å²) < 4.78 is 27.2. The van der Waals surface area contributed by atoms with Crippen molar-refractivity contribution < 1.29 is 8.78 Å². The van der Waals surface area contributed by atoms with Gasteiger partial charge in [0, 0.05) is 18.0 Å². The molecule has 0 saturated carbocycles. The molecule has 88 valence electrons. The molecule has 1 aromatic heterocycles. The van der Waals surface area contributed by atoms with E-state index in [0.29, 0.717) is 0 Å². The molecular weight excluding hydrogens is 226 g/mol. The number of aromatic nitrogens is 2. The van der Waals surface area contributed by atoms with E-state index in [0.717, 1.165) is 12.1 Å². The predicted molar refractivity (Wildman–Crippen MR) is 57.6 cm³/mol. The van der Waals surface area contributed by atoms with Gasteiger partial charge in [-0.25, -0.2) is 24.2 Å². The van der Waals surface area contributed by atoms with Crippen molar-refractivity contribution in [3.63, 3.8) is 0 Å². The number of hydrogen-bond acceptors (Lipinski definition) is 4. The molecule has 0 amide bonds. The Balaban J connectivity index is 2.50. The highest BCUT2D eigenvalue weighted by Crippen LogP contribution is 2.23. The van der Waals surface area contributed by atoms with Gasteiger partial charge in [-0.15, -0.1) is 0 Å². The Kier molecular flexibility index (Phi) is 3.36. The standard InChI is InChI=1S/C11H10F2N4/c12-7-3-1-4-8(13)9(7)10(17-14)11-15-5-2-6-16-11/h1-6,10,17H,14H2. The molecule has 1 aromatic carbocycles. The molecule has 2 rings (SSSR count). The minimum absolute atomic E-state index is 0.193. The van der Waals surface area contributed by atoms with Crippen molar-refractivity contribution in [3.8, 4) is 0 Å². The number of nitrogens with zero attached hydrogens (tertiary/aromatic N) is 2. The van der Waals surface area contributed by atoms with E-state index >= 15 is 0 Å². The molecule has 4 nitrogen and oxygen atoms in total. The molecule has 0 radical (unpaired) electrons. The first-order valence-corrected chi connectivity index (χ1v) is 4.91. The number of hydrazine groups is 1. The largest absolute Gasteiger partial charge is 0.270 e. The summed E-state index contributed by atoms with van der Waals surface area (Å²) in [5.74, 6) is 4.13. The second-order valence-electron chi connectivity index (χ2n) is 3.34. The summed E-state index contributed by atoms with van der Waals surface area (Å²) in [4.78, 5) is 7.84. The number of hydrogen-bond donors (Lipinski definition) is 2. The summed E-state index contributed by atoms with van der Waals surface area (Å²) in [5.41, 5.74) is 2.12. The molecule has 1 atom stereocenters. The molecule has 0 spiro atoms. The highest BCUT2D eigenvalue weighted by atomic mass is 19.1. The van der Waals surface area contributed by atoms with E-state index in [1.54, 1.807) is 6.07 Å². The third-order valence-electron chi connectivity index (χ3n) is 2.30. The summed E-state index contributed by atoms with van der Waals surface area (Å²) in [6.07, 6.45) is 2.96. The zero-order valence-corrected chi connectivity index (χ0v) is 8.77. The number of halogens is 2. The molecule has 17 heavy (non-hydrogen) atoms. The number of nitrogens with one attached hydrogen (secondary N) is 1. The lowest BCUT2D eigenvalue weighted by Crippen LogP contribution is -2.31. The fourth-order valence-corrected chi connectivity index (χ4v) is 1.53. The fraction of sp³-hybridized carbons (Fsp3) is 0.0909. The monoisotopic (exact) mass is 236 g/mol. The first-order valence-electron chi connectivity index (χ1n) is 4.91. The summed E-state index contributed by atoms with van der Waals surface area (Å²) in [6, 6.07) is 4.29. The first kappa shape index (κ1) is 11.6. The van der Waals surface area contributed by atoms with E-state index in [2.05, 4.69) is 15.4 Å². The smallest absolute Gasteiger partial charge is 0.151 e. The molecule has 0 aliphatic heterocycles. The number of nitrogens with two attached hydrogens (primary N) is 1. The lowest BCUT2D eigenvalue weighted by molar-refractivity contribution is 0.499. The average molecular weight is 236 g/mol. The van der Waals surface area contributed by atoms with Crippen LogP contribution in [-0.2, 0) is 0 Å². The van der Waals surface area contributed by atoms with E-state index in [4.69, 9.17) is 5.84 Å². The summed E-state index contributed by atoms with van der Waals surface area (Å²) >= 11 is 0. The van der Waals surface area contributed by atoms with Crippen molar-refractivity contribution in [2.45, 2.75) is 6.04 Å². The van der Waals surface area contributed by atoms with Crippen LogP contribution in [0.1, 0.15) is 17.4 Å². The van der Waals surface area contributed by atoms with Crippen LogP contribution in [0, 0.1) is 11.6 Å². The maximum absolute atomic E-state index is 13.6. The van der Waals surface area contributed by atoms with Gasteiger partial charge in [-0.2, -0.15) is 0 Å². The zero-order chi connectivity index (χ0) is 12.3. The van der Waals surface area contributed by atoms with Crippen LogP contribution < -0.4 is 11.3 Å². The van der Waals surface area contributed by atoms with Gasteiger partial charge in [-0.3, -0.25) is 5.84 Å². The summed E-state index contributed by atoms with van der Waals surface area (Å²) in [5, 5.41) is 0. The maximum Gasteiger partial charge on any atom is 0.151 e. The summed E-state index contributed by atoms with van der Waals surface area (Å²) in [6.45, 7) is 0. The molecule has 2 aromatic rings. The SMILES string of the molecule is NNC(c1ncccn1)c1c(F)cccc1F. The second kappa shape index (κ2) is 4.94. The third kappa shape index (κ3) is 2.27. The number of benzene rings is 1. The highest BCUT2D eigenvalue weighted by molar-refractivity contribution is 5.27. The topological polar surface area (TPSA) is 63.8 Å². The molecule has 0 fully saturated rings. The quantitative estimate of drug-likeness (QED) is 0.623. The molecule has 1 heterocycles. The van der Waals surface area contributed by atoms with Gasteiger partial charge in [0.25, 0.3) is 0 Å². The van der Waals surface area contributed by atoms with Crippen LogP contribution in [0.15, 0.2) is 36.7 Å². The van der Waals surface area contributed by atoms with Crippen LogP contribution in [0.4, 0.5) is 8.78 Å². The van der Waals surface area contributed by atoms with Gasteiger partial charge >= 0.3 is 0 Å². The van der Waals surface area contributed by atoms with Gasteiger partial charge in [0.05, 0.1) is 0 Å². The predicted octanol–water partition coefficient (Wildman–Crippen LogP) is 1.31. The van der Waals surface area contributed by atoms with Crippen molar-refractivity contribution in [2.24, 2.45) is 5.84 Å². The van der Waals surface area contributed by atoms with Gasteiger partial charge in [0.2, 0.25) is 0 Å². The second-order valence-corrected chi connectivity index (χ2v) is 3.34. The summed E-state index contributed by atoms with van der Waals surface area (Å²) in [7, 11) is 0. The van der Waals surface area contributed by atoms with Gasteiger partial charge in [-0.05, 0) is 18.2 Å². The van der Waals surface area contributed by atoms with E-state index in [9.17, 15) is 8.78 Å². The molecule has 3 N–H and O–H groups in total. The van der Waals surface area contributed by atoms with E-state index in [1.165, 1.54) is 18.5 Å². The molecule has 0 aliphatic carbocycles. The molecule has 1 unspecified atom stereocenters. The zero-order valence-electron chi connectivity index (χ0n) is 8.77. The Labute approximate surface area is 96.5 Å². The van der Waals surface area contributed by atoms with Crippen LogP contribution in [0.25, 0.3) is 0 Å². The van der Waals surface area contributed by atoms with Crippen molar-refractivity contribution >= 4 is 0 Å². The van der Waals surface area contributed by atoms with Crippen molar-refractivity contribution in [3.05, 3.63) is 59.7 Å². The normalized spacial score (nSPS) is 12.4. The van der Waals surface area contributed by atoms with Crippen LogP contribution in [-0.4, -0.2) is 9.97 Å². The van der Waals surface area contributed by atoms with Crippen LogP contribution in [0.5, 0.6) is 0 Å². The fourth-order valence-electron chi connectivity index (χ4n) is 1.53. The Morgan fingerprint density at radius 2 is 1.65 bits per heavy atom. The average Bonchev–Trinajstić information content (AvgIpc) is 2.35. The Hall–Kier alpha value is -1.92. The van der Waals surface area contributed by atoms with Gasteiger partial charge in [0.1, 0.15) is 17.7 Å². The Morgan fingerprint density at radius 1 is 1.06 bits per heavy atom. The van der Waals surface area contributed by atoms with Crippen molar-refractivity contribution in [2.75, 3.05) is 0 Å². The van der Waals surface area contributed by atoms with Gasteiger partial charge in [0.15, 0.2) is 5.82 Å². The van der Waals surface area contributed by atoms with Crippen molar-refractivity contribution in [1.29, 1.82) is 0 Å².